The molecule has 0 bridgehead atoms. The summed E-state index contributed by atoms with van der Waals surface area (Å²) in [5.41, 5.74) is 5.65. The fourth-order valence-corrected chi connectivity index (χ4v) is 2.37. The molecule has 0 radical (unpaired) electrons. The summed E-state index contributed by atoms with van der Waals surface area (Å²) >= 11 is 1.95. The van der Waals surface area contributed by atoms with E-state index in [9.17, 15) is 0 Å². The Morgan fingerprint density at radius 1 is 1.73 bits per heavy atom. The summed E-state index contributed by atoms with van der Waals surface area (Å²) in [6.07, 6.45) is 1.62. The molecule has 0 aromatic rings. The molecule has 0 aromatic carbocycles. The fraction of sp³-hybridized carbons (Fsp3) is 1.00. The van der Waals surface area contributed by atoms with Gasteiger partial charge in [0.1, 0.15) is 0 Å². The van der Waals surface area contributed by atoms with Crippen LogP contribution in [0.3, 0.4) is 0 Å². The van der Waals surface area contributed by atoms with Crippen LogP contribution in [0.15, 0.2) is 0 Å². The van der Waals surface area contributed by atoms with E-state index in [2.05, 4.69) is 6.92 Å². The predicted molar refractivity (Wildman–Crippen MR) is 49.9 cm³/mol. The Bertz CT molecular complexity index is 119. The molecule has 1 aliphatic rings. The Labute approximate surface area is 72.9 Å². The maximum atomic E-state index is 5.65. The Morgan fingerprint density at radius 2 is 2.45 bits per heavy atom. The maximum Gasteiger partial charge on any atom is 0.0666 e. The molecule has 11 heavy (non-hydrogen) atoms. The average molecular weight is 175 g/mol. The van der Waals surface area contributed by atoms with Crippen molar-refractivity contribution in [1.29, 1.82) is 0 Å². The third kappa shape index (κ3) is 3.01. The Balaban J connectivity index is 2.15. The zero-order chi connectivity index (χ0) is 8.27. The summed E-state index contributed by atoms with van der Waals surface area (Å²) in [5, 5.41) is 0.681. The van der Waals surface area contributed by atoms with Gasteiger partial charge in [-0.2, -0.15) is 11.8 Å². The molecule has 3 atom stereocenters. The standard InChI is InChI=1S/C8H17NOS/c1-6(9)5-11-8-3-4-10-7(8)2/h6-8H,3-5,9H2,1-2H3. The second kappa shape index (κ2) is 4.33. The highest BCUT2D eigenvalue weighted by atomic mass is 32.2. The molecule has 1 aliphatic heterocycles. The number of hydrogen-bond acceptors (Lipinski definition) is 3. The second-order valence-electron chi connectivity index (χ2n) is 3.21. The van der Waals surface area contributed by atoms with Crippen LogP contribution in [0.4, 0.5) is 0 Å². The van der Waals surface area contributed by atoms with Crippen LogP contribution < -0.4 is 5.73 Å². The second-order valence-corrected chi connectivity index (χ2v) is 4.49. The van der Waals surface area contributed by atoms with Crippen LogP contribution in [0, 0.1) is 0 Å². The van der Waals surface area contributed by atoms with Gasteiger partial charge in [-0.15, -0.1) is 0 Å². The van der Waals surface area contributed by atoms with Crippen LogP contribution in [-0.2, 0) is 4.74 Å². The third-order valence-corrected chi connectivity index (χ3v) is 3.65. The van der Waals surface area contributed by atoms with Crippen LogP contribution >= 0.6 is 11.8 Å². The highest BCUT2D eigenvalue weighted by Gasteiger charge is 2.24. The molecule has 0 spiro atoms. The van der Waals surface area contributed by atoms with E-state index >= 15 is 0 Å². The summed E-state index contributed by atoms with van der Waals surface area (Å²) in [6, 6.07) is 0.313. The molecule has 0 saturated carbocycles. The number of ether oxygens (including phenoxy) is 1. The summed E-state index contributed by atoms with van der Waals surface area (Å²) in [6.45, 7) is 5.12. The molecular formula is C8H17NOS. The van der Waals surface area contributed by atoms with E-state index in [4.69, 9.17) is 10.5 Å². The van der Waals surface area contributed by atoms with E-state index in [0.717, 1.165) is 12.4 Å². The lowest BCUT2D eigenvalue weighted by Crippen LogP contribution is -2.22. The van der Waals surface area contributed by atoms with Gasteiger partial charge in [-0.3, -0.25) is 0 Å². The van der Waals surface area contributed by atoms with Crippen LogP contribution in [-0.4, -0.2) is 29.8 Å². The van der Waals surface area contributed by atoms with Crippen LogP contribution in [0.25, 0.3) is 0 Å². The van der Waals surface area contributed by atoms with Crippen LogP contribution in [0.5, 0.6) is 0 Å². The van der Waals surface area contributed by atoms with Gasteiger partial charge in [0.2, 0.25) is 0 Å². The van der Waals surface area contributed by atoms with Crippen molar-refractivity contribution in [1.82, 2.24) is 0 Å². The van der Waals surface area contributed by atoms with Crippen molar-refractivity contribution < 1.29 is 4.74 Å². The maximum absolute atomic E-state index is 5.65. The Morgan fingerprint density at radius 3 is 2.91 bits per heavy atom. The minimum atomic E-state index is 0.313. The van der Waals surface area contributed by atoms with Crippen LogP contribution in [0.2, 0.25) is 0 Å². The van der Waals surface area contributed by atoms with Crippen molar-refractivity contribution in [2.24, 2.45) is 5.73 Å². The van der Waals surface area contributed by atoms with Crippen molar-refractivity contribution >= 4 is 11.8 Å². The minimum absolute atomic E-state index is 0.313. The summed E-state index contributed by atoms with van der Waals surface area (Å²) in [5.74, 6) is 1.05. The first-order chi connectivity index (χ1) is 5.20. The van der Waals surface area contributed by atoms with E-state index in [0.29, 0.717) is 17.4 Å². The molecule has 66 valence electrons. The van der Waals surface area contributed by atoms with Gasteiger partial charge in [-0.1, -0.05) is 0 Å². The highest BCUT2D eigenvalue weighted by Crippen LogP contribution is 2.26. The molecule has 3 heteroatoms. The van der Waals surface area contributed by atoms with Gasteiger partial charge in [0.25, 0.3) is 0 Å². The topological polar surface area (TPSA) is 35.2 Å². The zero-order valence-electron chi connectivity index (χ0n) is 7.25. The van der Waals surface area contributed by atoms with Crippen molar-refractivity contribution in [3.8, 4) is 0 Å². The Hall–Kier alpha value is 0.270. The monoisotopic (exact) mass is 175 g/mol. The van der Waals surface area contributed by atoms with Gasteiger partial charge in [0.05, 0.1) is 6.10 Å². The highest BCUT2D eigenvalue weighted by molar-refractivity contribution is 8.00. The molecule has 2 N–H and O–H groups in total. The van der Waals surface area contributed by atoms with Gasteiger partial charge in [-0.05, 0) is 20.3 Å². The van der Waals surface area contributed by atoms with Crippen molar-refractivity contribution in [3.05, 3.63) is 0 Å². The SMILES string of the molecule is CC(N)CSC1CCOC1C. The van der Waals surface area contributed by atoms with Crippen LogP contribution in [0.1, 0.15) is 20.3 Å². The summed E-state index contributed by atoms with van der Waals surface area (Å²) < 4.78 is 5.44. The number of hydrogen-bond donors (Lipinski definition) is 1. The zero-order valence-corrected chi connectivity index (χ0v) is 8.06. The van der Waals surface area contributed by atoms with Gasteiger partial charge >= 0.3 is 0 Å². The lowest BCUT2D eigenvalue weighted by atomic mass is 10.3. The summed E-state index contributed by atoms with van der Waals surface area (Å²) in [4.78, 5) is 0. The van der Waals surface area contributed by atoms with E-state index in [1.54, 1.807) is 0 Å². The number of thioether (sulfide) groups is 1. The van der Waals surface area contributed by atoms with E-state index in [-0.39, 0.29) is 0 Å². The summed E-state index contributed by atoms with van der Waals surface area (Å²) in [7, 11) is 0. The molecular weight excluding hydrogens is 158 g/mol. The van der Waals surface area contributed by atoms with Gasteiger partial charge in [0.15, 0.2) is 0 Å². The molecule has 1 heterocycles. The fourth-order valence-electron chi connectivity index (χ4n) is 1.21. The molecule has 0 aliphatic carbocycles. The first-order valence-electron chi connectivity index (χ1n) is 4.19. The largest absolute Gasteiger partial charge is 0.377 e. The normalized spacial score (nSPS) is 34.1. The van der Waals surface area contributed by atoms with Gasteiger partial charge in [0, 0.05) is 23.7 Å². The van der Waals surface area contributed by atoms with Crippen molar-refractivity contribution in [3.63, 3.8) is 0 Å². The molecule has 1 rings (SSSR count). The average Bonchev–Trinajstić information content (AvgIpc) is 2.31. The Kier molecular flexibility index (Phi) is 3.69. The third-order valence-electron chi connectivity index (χ3n) is 1.88. The number of nitrogens with two attached hydrogens (primary N) is 1. The lowest BCUT2D eigenvalue weighted by molar-refractivity contribution is 0.127. The van der Waals surface area contributed by atoms with E-state index < -0.39 is 0 Å². The molecule has 0 amide bonds. The number of rotatable bonds is 3. The predicted octanol–water partition coefficient (Wildman–Crippen LogP) is 1.24. The van der Waals surface area contributed by atoms with Crippen molar-refractivity contribution in [2.75, 3.05) is 12.4 Å². The molecule has 1 fully saturated rings. The quantitative estimate of drug-likeness (QED) is 0.701. The minimum Gasteiger partial charge on any atom is -0.377 e. The molecule has 1 saturated heterocycles. The smallest absolute Gasteiger partial charge is 0.0666 e. The first-order valence-corrected chi connectivity index (χ1v) is 5.24. The van der Waals surface area contributed by atoms with Gasteiger partial charge in [-0.25, -0.2) is 0 Å². The van der Waals surface area contributed by atoms with E-state index in [1.165, 1.54) is 6.42 Å². The molecule has 3 unspecified atom stereocenters. The molecule has 0 aromatic heterocycles. The van der Waals surface area contributed by atoms with E-state index in [1.807, 2.05) is 18.7 Å². The van der Waals surface area contributed by atoms with Crippen molar-refractivity contribution in [2.45, 2.75) is 37.7 Å². The molecule has 2 nitrogen and oxygen atoms in total. The van der Waals surface area contributed by atoms with Gasteiger partial charge < -0.3 is 10.5 Å². The first kappa shape index (κ1) is 9.36. The lowest BCUT2D eigenvalue weighted by Gasteiger charge is -2.14.